The Hall–Kier alpha value is -1.62. The number of amides is 1. The van der Waals surface area contributed by atoms with Crippen LogP contribution in [-0.4, -0.2) is 22.5 Å². The third kappa shape index (κ3) is 3.73. The summed E-state index contributed by atoms with van der Waals surface area (Å²) in [4.78, 5) is 23.4. The van der Waals surface area contributed by atoms with E-state index in [4.69, 9.17) is 16.7 Å². The zero-order valence-electron chi connectivity index (χ0n) is 11.5. The quantitative estimate of drug-likeness (QED) is 0.895. The average Bonchev–Trinajstić information content (AvgIpc) is 2.38. The fourth-order valence-electron chi connectivity index (χ4n) is 2.88. The van der Waals surface area contributed by atoms with Gasteiger partial charge in [0.2, 0.25) is 0 Å². The third-order valence-corrected chi connectivity index (χ3v) is 4.18. The monoisotopic (exact) mass is 313 g/mol. The fraction of sp³-hybridized carbons (Fsp3) is 0.467. The molecule has 1 saturated carbocycles. The molecular weight excluding hydrogens is 297 g/mol. The molecule has 114 valence electrons. The maximum absolute atomic E-state index is 13.8. The Labute approximate surface area is 127 Å². The van der Waals surface area contributed by atoms with E-state index in [1.165, 1.54) is 12.1 Å². The molecule has 1 fully saturated rings. The second-order valence-corrected chi connectivity index (χ2v) is 5.87. The molecule has 0 radical (unpaired) electrons. The number of aliphatic carboxylic acids is 1. The van der Waals surface area contributed by atoms with Gasteiger partial charge in [0.25, 0.3) is 5.91 Å². The number of rotatable bonds is 4. The largest absolute Gasteiger partial charge is 0.481 e. The van der Waals surface area contributed by atoms with Crippen molar-refractivity contribution in [1.29, 1.82) is 0 Å². The summed E-state index contributed by atoms with van der Waals surface area (Å²) in [6, 6.07) is 4.01. The zero-order chi connectivity index (χ0) is 15.5. The molecule has 0 unspecified atom stereocenters. The molecule has 6 heteroatoms. The molecule has 0 heterocycles. The molecule has 2 rings (SSSR count). The van der Waals surface area contributed by atoms with Crippen molar-refractivity contribution in [1.82, 2.24) is 5.32 Å². The minimum atomic E-state index is -0.975. The van der Waals surface area contributed by atoms with Gasteiger partial charge in [0.15, 0.2) is 0 Å². The van der Waals surface area contributed by atoms with Gasteiger partial charge in [0.05, 0.1) is 22.5 Å². The molecule has 1 aliphatic rings. The van der Waals surface area contributed by atoms with Crippen LogP contribution in [0.25, 0.3) is 0 Å². The first kappa shape index (κ1) is 15.8. The lowest BCUT2D eigenvalue weighted by Gasteiger charge is -2.37. The number of halogens is 2. The van der Waals surface area contributed by atoms with Crippen LogP contribution in [0.1, 0.15) is 48.9 Å². The van der Waals surface area contributed by atoms with Crippen molar-refractivity contribution >= 4 is 23.5 Å². The predicted octanol–water partition coefficient (Wildman–Crippen LogP) is 3.39. The number of hydrogen-bond donors (Lipinski definition) is 2. The third-order valence-electron chi connectivity index (χ3n) is 3.87. The summed E-state index contributed by atoms with van der Waals surface area (Å²) >= 11 is 5.88. The number of nitrogens with one attached hydrogen (secondary N) is 1. The second-order valence-electron chi connectivity index (χ2n) is 5.46. The SMILES string of the molecule is O=C(O)CC1(NC(=O)c2c(F)cccc2Cl)CCCCC1. The number of carbonyl (C=O) groups is 2. The number of benzene rings is 1. The molecule has 0 atom stereocenters. The predicted molar refractivity (Wildman–Crippen MR) is 76.9 cm³/mol. The van der Waals surface area contributed by atoms with Crippen LogP contribution in [0, 0.1) is 5.82 Å². The van der Waals surface area contributed by atoms with Crippen molar-refractivity contribution in [2.24, 2.45) is 0 Å². The maximum Gasteiger partial charge on any atom is 0.305 e. The van der Waals surface area contributed by atoms with E-state index < -0.39 is 23.2 Å². The van der Waals surface area contributed by atoms with Crippen LogP contribution in [0.3, 0.4) is 0 Å². The van der Waals surface area contributed by atoms with Crippen LogP contribution >= 0.6 is 11.6 Å². The minimum absolute atomic E-state index is 0.0220. The molecule has 1 aromatic carbocycles. The van der Waals surface area contributed by atoms with Crippen molar-refractivity contribution in [2.75, 3.05) is 0 Å². The number of hydrogen-bond acceptors (Lipinski definition) is 2. The van der Waals surface area contributed by atoms with E-state index >= 15 is 0 Å². The van der Waals surface area contributed by atoms with Crippen LogP contribution in [0.15, 0.2) is 18.2 Å². The summed E-state index contributed by atoms with van der Waals surface area (Å²) in [7, 11) is 0. The van der Waals surface area contributed by atoms with Gasteiger partial charge in [0.1, 0.15) is 5.82 Å². The Morgan fingerprint density at radius 1 is 1.29 bits per heavy atom. The lowest BCUT2D eigenvalue weighted by Crippen LogP contribution is -2.51. The number of carboxylic acid groups (broad SMARTS) is 1. The lowest BCUT2D eigenvalue weighted by molar-refractivity contribution is -0.139. The van der Waals surface area contributed by atoms with Gasteiger partial charge in [0, 0.05) is 0 Å². The van der Waals surface area contributed by atoms with Crippen LogP contribution in [0.2, 0.25) is 5.02 Å². The zero-order valence-corrected chi connectivity index (χ0v) is 12.3. The topological polar surface area (TPSA) is 66.4 Å². The van der Waals surface area contributed by atoms with E-state index in [0.29, 0.717) is 12.8 Å². The highest BCUT2D eigenvalue weighted by molar-refractivity contribution is 6.33. The molecule has 1 aliphatic carbocycles. The Morgan fingerprint density at radius 3 is 2.52 bits per heavy atom. The highest BCUT2D eigenvalue weighted by Gasteiger charge is 2.36. The van der Waals surface area contributed by atoms with Gasteiger partial charge in [-0.1, -0.05) is 36.9 Å². The van der Waals surface area contributed by atoms with Crippen molar-refractivity contribution in [3.63, 3.8) is 0 Å². The second kappa shape index (κ2) is 6.43. The number of carbonyl (C=O) groups excluding carboxylic acids is 1. The molecule has 21 heavy (non-hydrogen) atoms. The van der Waals surface area contributed by atoms with Crippen molar-refractivity contribution < 1.29 is 19.1 Å². The van der Waals surface area contributed by atoms with E-state index in [1.807, 2.05) is 0 Å². The van der Waals surface area contributed by atoms with Crippen molar-refractivity contribution in [2.45, 2.75) is 44.1 Å². The summed E-state index contributed by atoms with van der Waals surface area (Å²) in [6.45, 7) is 0. The van der Waals surface area contributed by atoms with Crippen molar-refractivity contribution in [3.8, 4) is 0 Å². The Kier molecular flexibility index (Phi) is 4.83. The molecule has 0 spiro atoms. The summed E-state index contributed by atoms with van der Waals surface area (Å²) < 4.78 is 13.8. The Bertz CT molecular complexity index is 536. The van der Waals surface area contributed by atoms with Gasteiger partial charge < -0.3 is 10.4 Å². The summed E-state index contributed by atoms with van der Waals surface area (Å²) in [5, 5.41) is 11.8. The fourth-order valence-corrected chi connectivity index (χ4v) is 3.13. The van der Waals surface area contributed by atoms with Gasteiger partial charge in [-0.05, 0) is 25.0 Å². The summed E-state index contributed by atoms with van der Waals surface area (Å²) in [5.74, 6) is -2.33. The highest BCUT2D eigenvalue weighted by atomic mass is 35.5. The highest BCUT2D eigenvalue weighted by Crippen LogP contribution is 2.32. The van der Waals surface area contributed by atoms with E-state index in [0.717, 1.165) is 25.3 Å². The maximum atomic E-state index is 13.8. The van der Waals surface area contributed by atoms with Gasteiger partial charge in [-0.3, -0.25) is 9.59 Å². The van der Waals surface area contributed by atoms with Gasteiger partial charge >= 0.3 is 5.97 Å². The van der Waals surface area contributed by atoms with E-state index in [9.17, 15) is 14.0 Å². The summed E-state index contributed by atoms with van der Waals surface area (Å²) in [6.07, 6.45) is 3.70. The normalized spacial score (nSPS) is 17.2. The van der Waals surface area contributed by atoms with Crippen LogP contribution in [0.5, 0.6) is 0 Å². The molecule has 0 bridgehead atoms. The van der Waals surface area contributed by atoms with Gasteiger partial charge in [-0.25, -0.2) is 4.39 Å². The van der Waals surface area contributed by atoms with Gasteiger partial charge in [-0.15, -0.1) is 0 Å². The first-order valence-corrected chi connectivity index (χ1v) is 7.30. The van der Waals surface area contributed by atoms with Gasteiger partial charge in [-0.2, -0.15) is 0 Å². The Balaban J connectivity index is 2.24. The first-order chi connectivity index (χ1) is 9.93. The van der Waals surface area contributed by atoms with Crippen LogP contribution < -0.4 is 5.32 Å². The van der Waals surface area contributed by atoms with Crippen LogP contribution in [0.4, 0.5) is 4.39 Å². The molecular formula is C15H17ClFNO3. The summed E-state index contributed by atoms with van der Waals surface area (Å²) in [5.41, 5.74) is -1.04. The molecule has 0 aromatic heterocycles. The first-order valence-electron chi connectivity index (χ1n) is 6.92. The lowest BCUT2D eigenvalue weighted by atomic mass is 9.79. The van der Waals surface area contributed by atoms with Crippen LogP contribution in [-0.2, 0) is 4.79 Å². The Morgan fingerprint density at radius 2 is 1.95 bits per heavy atom. The molecule has 0 aliphatic heterocycles. The van der Waals surface area contributed by atoms with E-state index in [2.05, 4.69) is 5.32 Å². The molecule has 1 aromatic rings. The molecule has 4 nitrogen and oxygen atoms in total. The molecule has 2 N–H and O–H groups in total. The van der Waals surface area contributed by atoms with E-state index in [-0.39, 0.29) is 17.0 Å². The average molecular weight is 314 g/mol. The molecule has 1 amide bonds. The number of carboxylic acids is 1. The molecule has 0 saturated heterocycles. The van der Waals surface area contributed by atoms with Crippen molar-refractivity contribution in [3.05, 3.63) is 34.6 Å². The smallest absolute Gasteiger partial charge is 0.305 e. The minimum Gasteiger partial charge on any atom is -0.481 e. The standard InChI is InChI=1S/C15H17ClFNO3/c16-10-5-4-6-11(17)13(10)14(21)18-15(9-12(19)20)7-2-1-3-8-15/h4-6H,1-3,7-9H2,(H,18,21)(H,19,20). The van der Waals surface area contributed by atoms with E-state index in [1.54, 1.807) is 0 Å².